The van der Waals surface area contributed by atoms with Gasteiger partial charge < -0.3 is 4.74 Å². The quantitative estimate of drug-likeness (QED) is 0.266. The summed E-state index contributed by atoms with van der Waals surface area (Å²) in [6, 6.07) is 0. The molecule has 0 radical (unpaired) electrons. The predicted octanol–water partition coefficient (Wildman–Crippen LogP) is 7.59. The molecule has 0 bridgehead atoms. The van der Waals surface area contributed by atoms with Crippen LogP contribution in [0, 0.1) is 52.3 Å². The van der Waals surface area contributed by atoms with Gasteiger partial charge in [-0.25, -0.2) is 0 Å². The maximum absolute atomic E-state index is 13.9. The third kappa shape index (κ3) is 4.49. The van der Waals surface area contributed by atoms with Crippen LogP contribution in [0.2, 0.25) is 0 Å². The van der Waals surface area contributed by atoms with E-state index in [4.69, 9.17) is 4.74 Å². The number of ether oxygens (including phenoxy) is 1. The van der Waals surface area contributed by atoms with Crippen molar-refractivity contribution in [3.8, 4) is 0 Å². The highest BCUT2D eigenvalue weighted by Gasteiger charge is 2.65. The number of hydrogen-bond donors (Lipinski definition) is 0. The Kier molecular flexibility index (Phi) is 7.46. The number of carbonyl (C=O) groups excluding carboxylic acids is 2. The van der Waals surface area contributed by atoms with E-state index in [1.807, 2.05) is 0 Å². The molecule has 33 heavy (non-hydrogen) atoms. The first-order valence-electron chi connectivity index (χ1n) is 13.8. The molecule has 4 aliphatic rings. The van der Waals surface area contributed by atoms with Crippen molar-refractivity contribution in [2.24, 2.45) is 52.3 Å². The fourth-order valence-electron chi connectivity index (χ4n) is 9.27. The molecule has 0 aliphatic heterocycles. The van der Waals surface area contributed by atoms with E-state index in [1.165, 1.54) is 51.9 Å². The zero-order chi connectivity index (χ0) is 24.1. The lowest BCUT2D eigenvalue weighted by Crippen LogP contribution is -2.61. The molecule has 3 unspecified atom stereocenters. The summed E-state index contributed by atoms with van der Waals surface area (Å²) in [6.45, 7) is 13.7. The monoisotopic (exact) mass is 522 g/mol. The van der Waals surface area contributed by atoms with E-state index in [-0.39, 0.29) is 34.2 Å². The van der Waals surface area contributed by atoms with Crippen molar-refractivity contribution >= 4 is 27.7 Å². The standard InChI is InChI=1S/C29H47BrO3/c1-17(2)8-7-9-18(3)21-10-11-22-25-23(13-15-28(21,22)5)29(6)14-12-20(33-19(4)31)16-24(29)26(30)27(25)32/h17-18,20-26H,7-16H2,1-6H3/t18-,20?,21-,22+,23+,24?,25+,26?,28-,29-/m1/s1. The molecule has 0 spiro atoms. The number of esters is 1. The third-order valence-corrected chi connectivity index (χ3v) is 12.1. The minimum Gasteiger partial charge on any atom is -0.463 e. The van der Waals surface area contributed by atoms with Crippen LogP contribution < -0.4 is 0 Å². The van der Waals surface area contributed by atoms with Crippen molar-refractivity contribution < 1.29 is 14.3 Å². The van der Waals surface area contributed by atoms with Gasteiger partial charge in [-0.15, -0.1) is 0 Å². The molecule has 0 amide bonds. The van der Waals surface area contributed by atoms with Gasteiger partial charge in [0.1, 0.15) is 11.9 Å². The van der Waals surface area contributed by atoms with E-state index in [2.05, 4.69) is 50.5 Å². The van der Waals surface area contributed by atoms with Crippen LogP contribution in [0.3, 0.4) is 0 Å². The summed E-state index contributed by atoms with van der Waals surface area (Å²) >= 11 is 3.90. The van der Waals surface area contributed by atoms with E-state index < -0.39 is 0 Å². The molecule has 3 nitrogen and oxygen atoms in total. The maximum atomic E-state index is 13.9. The van der Waals surface area contributed by atoms with E-state index in [9.17, 15) is 9.59 Å². The molecule has 0 saturated heterocycles. The Balaban J connectivity index is 1.53. The summed E-state index contributed by atoms with van der Waals surface area (Å²) in [5, 5.41) is 0. The molecule has 0 heterocycles. The number of fused-ring (bicyclic) bond motifs is 5. The third-order valence-electron chi connectivity index (χ3n) is 11.0. The Hall–Kier alpha value is -0.380. The molecular weight excluding hydrogens is 476 g/mol. The molecule has 4 saturated carbocycles. The number of alkyl halides is 1. The second-order valence-corrected chi connectivity index (χ2v) is 14.2. The van der Waals surface area contributed by atoms with Crippen molar-refractivity contribution in [3.63, 3.8) is 0 Å². The van der Waals surface area contributed by atoms with E-state index in [0.717, 1.165) is 37.0 Å². The van der Waals surface area contributed by atoms with Crippen LogP contribution in [0.4, 0.5) is 0 Å². The molecule has 188 valence electrons. The number of halogens is 1. The van der Waals surface area contributed by atoms with Gasteiger partial charge in [0.2, 0.25) is 0 Å². The average Bonchev–Trinajstić information content (AvgIpc) is 3.09. The van der Waals surface area contributed by atoms with Gasteiger partial charge in [-0.3, -0.25) is 9.59 Å². The number of Topliss-reactive ketones (excluding diaryl/α,β-unsaturated/α-hetero) is 1. The topological polar surface area (TPSA) is 43.4 Å². The van der Waals surface area contributed by atoms with Crippen LogP contribution >= 0.6 is 15.9 Å². The van der Waals surface area contributed by atoms with Crippen molar-refractivity contribution in [1.82, 2.24) is 0 Å². The highest BCUT2D eigenvalue weighted by Crippen LogP contribution is 2.68. The fourth-order valence-corrected chi connectivity index (χ4v) is 10.4. The van der Waals surface area contributed by atoms with Gasteiger partial charge in [0.05, 0.1) is 4.83 Å². The molecule has 0 aromatic heterocycles. The maximum Gasteiger partial charge on any atom is 0.302 e. The Morgan fingerprint density at radius 3 is 2.33 bits per heavy atom. The van der Waals surface area contributed by atoms with E-state index in [0.29, 0.717) is 23.0 Å². The van der Waals surface area contributed by atoms with Crippen molar-refractivity contribution in [2.45, 2.75) is 117 Å². The Morgan fingerprint density at radius 1 is 1.00 bits per heavy atom. The lowest BCUT2D eigenvalue weighted by Gasteiger charge is -2.61. The summed E-state index contributed by atoms with van der Waals surface area (Å²) in [5.74, 6) is 4.13. The van der Waals surface area contributed by atoms with Gasteiger partial charge in [-0.1, -0.05) is 69.8 Å². The summed E-state index contributed by atoms with van der Waals surface area (Å²) in [5.41, 5.74) is 0.491. The van der Waals surface area contributed by atoms with Crippen molar-refractivity contribution in [2.75, 3.05) is 0 Å². The molecule has 0 aromatic rings. The summed E-state index contributed by atoms with van der Waals surface area (Å²) in [7, 11) is 0. The lowest BCUT2D eigenvalue weighted by atomic mass is 9.44. The van der Waals surface area contributed by atoms with Crippen LogP contribution in [-0.4, -0.2) is 22.7 Å². The van der Waals surface area contributed by atoms with Crippen LogP contribution in [0.15, 0.2) is 0 Å². The molecule has 4 aliphatic carbocycles. The molecule has 0 aromatic carbocycles. The second kappa shape index (κ2) is 9.58. The molecule has 4 fully saturated rings. The molecule has 0 N–H and O–H groups in total. The number of rotatable bonds is 6. The summed E-state index contributed by atoms with van der Waals surface area (Å²) in [4.78, 5) is 25.4. The predicted molar refractivity (Wildman–Crippen MR) is 137 cm³/mol. The summed E-state index contributed by atoms with van der Waals surface area (Å²) < 4.78 is 5.61. The highest BCUT2D eigenvalue weighted by atomic mass is 79.9. The summed E-state index contributed by atoms with van der Waals surface area (Å²) in [6.07, 6.45) is 11.9. The minimum absolute atomic E-state index is 0.0265. The largest absolute Gasteiger partial charge is 0.463 e. The van der Waals surface area contributed by atoms with Crippen LogP contribution in [0.25, 0.3) is 0 Å². The van der Waals surface area contributed by atoms with E-state index in [1.54, 1.807) is 0 Å². The first-order valence-corrected chi connectivity index (χ1v) is 14.8. The van der Waals surface area contributed by atoms with Crippen LogP contribution in [-0.2, 0) is 14.3 Å². The normalized spacial score (nSPS) is 45.8. The van der Waals surface area contributed by atoms with Crippen LogP contribution in [0.1, 0.15) is 106 Å². The average molecular weight is 524 g/mol. The molecule has 10 atom stereocenters. The van der Waals surface area contributed by atoms with Gasteiger partial charge >= 0.3 is 5.97 Å². The van der Waals surface area contributed by atoms with Gasteiger partial charge in [-0.2, -0.15) is 0 Å². The van der Waals surface area contributed by atoms with Gasteiger partial charge in [-0.05, 0) is 91.3 Å². The minimum atomic E-state index is -0.192. The fraction of sp³-hybridized carbons (Fsp3) is 0.931. The zero-order valence-corrected chi connectivity index (χ0v) is 23.5. The Morgan fingerprint density at radius 2 is 1.67 bits per heavy atom. The van der Waals surface area contributed by atoms with Gasteiger partial charge in [0.25, 0.3) is 0 Å². The zero-order valence-electron chi connectivity index (χ0n) is 21.9. The molecule has 4 rings (SSSR count). The molecular formula is C29H47BrO3. The second-order valence-electron chi connectivity index (χ2n) is 13.2. The first kappa shape index (κ1) is 25.7. The lowest BCUT2D eigenvalue weighted by molar-refractivity contribution is -0.166. The van der Waals surface area contributed by atoms with Crippen molar-refractivity contribution in [3.05, 3.63) is 0 Å². The molecule has 4 heteroatoms. The van der Waals surface area contributed by atoms with Crippen molar-refractivity contribution in [1.29, 1.82) is 0 Å². The van der Waals surface area contributed by atoms with Gasteiger partial charge in [0.15, 0.2) is 0 Å². The Labute approximate surface area is 210 Å². The van der Waals surface area contributed by atoms with Crippen LogP contribution in [0.5, 0.6) is 0 Å². The van der Waals surface area contributed by atoms with E-state index >= 15 is 0 Å². The highest BCUT2D eigenvalue weighted by molar-refractivity contribution is 9.10. The first-order chi connectivity index (χ1) is 15.5. The van der Waals surface area contributed by atoms with Gasteiger partial charge in [0, 0.05) is 12.8 Å². The smallest absolute Gasteiger partial charge is 0.302 e. The number of ketones is 1. The number of carbonyl (C=O) groups is 2. The Bertz CT molecular complexity index is 749. The SMILES string of the molecule is CC(=O)OC1CC[C@@]2(C)C(C1)C(Br)C(=O)[C@H]1[C@@H]3CC[C@H]([C@H](C)CCCC(C)C)[C@@]3(C)CC[C@@H]12. The number of hydrogen-bond acceptors (Lipinski definition) is 3.